The lowest BCUT2D eigenvalue weighted by atomic mass is 10.1. The number of piperidine rings is 1. The molecular formula is C15H24N4O2. The second-order valence-corrected chi connectivity index (χ2v) is 5.70. The molecule has 0 aliphatic carbocycles. The first kappa shape index (κ1) is 15.9. The molecule has 1 aromatic heterocycles. The number of pyridine rings is 1. The second-order valence-electron chi connectivity index (χ2n) is 5.70. The van der Waals surface area contributed by atoms with Gasteiger partial charge in [-0.05, 0) is 39.8 Å². The highest BCUT2D eigenvalue weighted by atomic mass is 16.6. The molecular weight excluding hydrogens is 268 g/mol. The molecule has 0 aromatic carbocycles. The van der Waals surface area contributed by atoms with E-state index in [0.29, 0.717) is 17.7 Å². The van der Waals surface area contributed by atoms with Crippen LogP contribution >= 0.6 is 0 Å². The Balaban J connectivity index is 1.85. The quantitative estimate of drug-likeness (QED) is 0.494. The molecule has 0 unspecified atom stereocenters. The second kappa shape index (κ2) is 7.47. The van der Waals surface area contributed by atoms with Crippen molar-refractivity contribution in [3.05, 3.63) is 33.1 Å². The molecule has 2 rings (SSSR count). The topological polar surface area (TPSA) is 71.3 Å². The van der Waals surface area contributed by atoms with Crippen molar-refractivity contribution in [1.29, 1.82) is 0 Å². The molecule has 21 heavy (non-hydrogen) atoms. The van der Waals surface area contributed by atoms with Crippen LogP contribution in [0.2, 0.25) is 0 Å². The summed E-state index contributed by atoms with van der Waals surface area (Å²) in [5.74, 6) is 0. The smallest absolute Gasteiger partial charge is 0.278 e. The van der Waals surface area contributed by atoms with Crippen molar-refractivity contribution < 1.29 is 4.92 Å². The van der Waals surface area contributed by atoms with Crippen LogP contribution in [-0.4, -0.2) is 41.0 Å². The maximum atomic E-state index is 11.1. The van der Waals surface area contributed by atoms with E-state index in [-0.39, 0.29) is 10.6 Å². The molecule has 1 aromatic rings. The molecule has 1 aliphatic heterocycles. The van der Waals surface area contributed by atoms with Crippen LogP contribution in [0.25, 0.3) is 0 Å². The van der Waals surface area contributed by atoms with Gasteiger partial charge >= 0.3 is 0 Å². The average Bonchev–Trinajstić information content (AvgIpc) is 2.46. The standard InChI is InChI=1S/C15H24N4O2/c1-12-10-17-14(13(2)15(12)19(20)21)11-16-6-9-18-7-4-3-5-8-18/h10,16H,3-9,11H2,1-2H3. The van der Waals surface area contributed by atoms with Gasteiger partial charge in [0, 0.05) is 37.0 Å². The minimum atomic E-state index is -0.316. The fourth-order valence-electron chi connectivity index (χ4n) is 2.85. The van der Waals surface area contributed by atoms with E-state index >= 15 is 0 Å². The Hall–Kier alpha value is -1.53. The fraction of sp³-hybridized carbons (Fsp3) is 0.667. The SMILES string of the molecule is Cc1cnc(CNCCN2CCCCC2)c(C)c1[N+](=O)[O-]. The van der Waals surface area contributed by atoms with E-state index in [4.69, 9.17) is 0 Å². The maximum absolute atomic E-state index is 11.1. The summed E-state index contributed by atoms with van der Waals surface area (Å²) in [4.78, 5) is 17.6. The molecule has 0 amide bonds. The molecule has 6 nitrogen and oxygen atoms in total. The summed E-state index contributed by atoms with van der Waals surface area (Å²) >= 11 is 0. The Bertz CT molecular complexity index is 499. The first-order valence-corrected chi connectivity index (χ1v) is 7.62. The van der Waals surface area contributed by atoms with Gasteiger partial charge in [-0.2, -0.15) is 0 Å². The predicted octanol–water partition coefficient (Wildman–Crippen LogP) is 2.18. The molecule has 116 valence electrons. The van der Waals surface area contributed by atoms with Crippen LogP contribution in [0.3, 0.4) is 0 Å². The third-order valence-electron chi connectivity index (χ3n) is 4.10. The van der Waals surface area contributed by atoms with Crippen molar-refractivity contribution in [3.8, 4) is 0 Å². The summed E-state index contributed by atoms with van der Waals surface area (Å²) in [6, 6.07) is 0. The minimum Gasteiger partial charge on any atom is -0.310 e. The molecule has 2 heterocycles. The monoisotopic (exact) mass is 292 g/mol. The minimum absolute atomic E-state index is 0.192. The van der Waals surface area contributed by atoms with Crippen LogP contribution in [0.1, 0.15) is 36.1 Å². The average molecular weight is 292 g/mol. The number of hydrogen-bond acceptors (Lipinski definition) is 5. The number of aryl methyl sites for hydroxylation is 1. The van der Waals surface area contributed by atoms with E-state index in [1.165, 1.54) is 32.4 Å². The first-order chi connectivity index (χ1) is 10.1. The summed E-state index contributed by atoms with van der Waals surface area (Å²) in [5, 5.41) is 14.4. The van der Waals surface area contributed by atoms with E-state index in [0.717, 1.165) is 18.8 Å². The van der Waals surface area contributed by atoms with Crippen molar-refractivity contribution in [1.82, 2.24) is 15.2 Å². The van der Waals surface area contributed by atoms with Crippen LogP contribution in [0.5, 0.6) is 0 Å². The van der Waals surface area contributed by atoms with E-state index in [1.54, 1.807) is 20.0 Å². The third kappa shape index (κ3) is 4.22. The van der Waals surface area contributed by atoms with Crippen molar-refractivity contribution in [2.24, 2.45) is 0 Å². The van der Waals surface area contributed by atoms with E-state index in [1.807, 2.05) is 0 Å². The van der Waals surface area contributed by atoms with Gasteiger partial charge in [0.05, 0.1) is 10.6 Å². The number of likely N-dealkylation sites (tertiary alicyclic amines) is 1. The number of nitrogens with one attached hydrogen (secondary N) is 1. The Morgan fingerprint density at radius 3 is 2.71 bits per heavy atom. The first-order valence-electron chi connectivity index (χ1n) is 7.62. The molecule has 6 heteroatoms. The highest BCUT2D eigenvalue weighted by Crippen LogP contribution is 2.23. The summed E-state index contributed by atoms with van der Waals surface area (Å²) in [6.07, 6.45) is 5.53. The number of rotatable bonds is 6. The molecule has 0 bridgehead atoms. The molecule has 0 saturated carbocycles. The number of hydrogen-bond donors (Lipinski definition) is 1. The third-order valence-corrected chi connectivity index (χ3v) is 4.10. The summed E-state index contributed by atoms with van der Waals surface area (Å²) in [7, 11) is 0. The van der Waals surface area contributed by atoms with Gasteiger partial charge in [-0.25, -0.2) is 0 Å². The number of aromatic nitrogens is 1. The van der Waals surface area contributed by atoms with Gasteiger partial charge in [0.15, 0.2) is 0 Å². The van der Waals surface area contributed by atoms with Gasteiger partial charge in [0.1, 0.15) is 0 Å². The Labute approximate surface area is 125 Å². The van der Waals surface area contributed by atoms with Gasteiger partial charge < -0.3 is 10.2 Å². The molecule has 1 fully saturated rings. The zero-order chi connectivity index (χ0) is 15.2. The van der Waals surface area contributed by atoms with Gasteiger partial charge in [-0.1, -0.05) is 6.42 Å². The molecule has 1 N–H and O–H groups in total. The Morgan fingerprint density at radius 2 is 2.05 bits per heavy atom. The van der Waals surface area contributed by atoms with E-state index < -0.39 is 0 Å². The normalized spacial score (nSPS) is 16.1. The number of nitrogens with zero attached hydrogens (tertiary/aromatic N) is 3. The fourth-order valence-corrected chi connectivity index (χ4v) is 2.85. The lowest BCUT2D eigenvalue weighted by molar-refractivity contribution is -0.386. The van der Waals surface area contributed by atoms with Crippen LogP contribution in [-0.2, 0) is 6.54 Å². The Kier molecular flexibility index (Phi) is 5.64. The molecule has 0 radical (unpaired) electrons. The van der Waals surface area contributed by atoms with Gasteiger partial charge in [0.25, 0.3) is 5.69 Å². The maximum Gasteiger partial charge on any atom is 0.278 e. The van der Waals surface area contributed by atoms with Gasteiger partial charge in [0.2, 0.25) is 0 Å². The molecule has 0 spiro atoms. The number of nitro groups is 1. The largest absolute Gasteiger partial charge is 0.310 e. The molecule has 1 saturated heterocycles. The predicted molar refractivity (Wildman–Crippen MR) is 82.4 cm³/mol. The summed E-state index contributed by atoms with van der Waals surface area (Å²) < 4.78 is 0. The van der Waals surface area contributed by atoms with Gasteiger partial charge in [-0.15, -0.1) is 0 Å². The van der Waals surface area contributed by atoms with Crippen molar-refractivity contribution in [3.63, 3.8) is 0 Å². The lowest BCUT2D eigenvalue weighted by Crippen LogP contribution is -2.35. The van der Waals surface area contributed by atoms with Crippen molar-refractivity contribution in [2.45, 2.75) is 39.7 Å². The Morgan fingerprint density at radius 1 is 1.33 bits per heavy atom. The van der Waals surface area contributed by atoms with Crippen molar-refractivity contribution >= 4 is 5.69 Å². The van der Waals surface area contributed by atoms with Crippen LogP contribution < -0.4 is 5.32 Å². The van der Waals surface area contributed by atoms with Crippen LogP contribution in [0, 0.1) is 24.0 Å². The highest BCUT2D eigenvalue weighted by Gasteiger charge is 2.18. The highest BCUT2D eigenvalue weighted by molar-refractivity contribution is 5.47. The van der Waals surface area contributed by atoms with E-state index in [2.05, 4.69) is 15.2 Å². The van der Waals surface area contributed by atoms with Gasteiger partial charge in [-0.3, -0.25) is 15.1 Å². The molecule has 0 atom stereocenters. The zero-order valence-corrected chi connectivity index (χ0v) is 12.9. The lowest BCUT2D eigenvalue weighted by Gasteiger charge is -2.26. The zero-order valence-electron chi connectivity index (χ0n) is 12.9. The summed E-state index contributed by atoms with van der Waals surface area (Å²) in [6.45, 7) is 8.39. The van der Waals surface area contributed by atoms with Crippen LogP contribution in [0.4, 0.5) is 5.69 Å². The van der Waals surface area contributed by atoms with Crippen LogP contribution in [0.15, 0.2) is 6.20 Å². The molecule has 1 aliphatic rings. The van der Waals surface area contributed by atoms with E-state index in [9.17, 15) is 10.1 Å². The van der Waals surface area contributed by atoms with Crippen molar-refractivity contribution in [2.75, 3.05) is 26.2 Å². The summed E-state index contributed by atoms with van der Waals surface area (Å²) in [5.41, 5.74) is 2.25.